The second kappa shape index (κ2) is 8.67. The third-order valence-electron chi connectivity index (χ3n) is 1.83. The summed E-state index contributed by atoms with van der Waals surface area (Å²) < 4.78 is 25.6. The fourth-order valence-electron chi connectivity index (χ4n) is 0.995. The molecule has 1 aromatic carbocycles. The summed E-state index contributed by atoms with van der Waals surface area (Å²) in [5.41, 5.74) is -0.0459. The van der Waals surface area contributed by atoms with Gasteiger partial charge in [0, 0.05) is 39.1 Å². The van der Waals surface area contributed by atoms with Crippen LogP contribution in [0.5, 0.6) is 0 Å². The molecule has 1 amide bonds. The van der Waals surface area contributed by atoms with Crippen LogP contribution in [0.1, 0.15) is 19.8 Å². The number of nitrogens with one attached hydrogen (secondary N) is 1. The number of unbranched alkanes of at least 4 members (excludes halogenated alkanes) is 1. The number of anilines is 1. The predicted molar refractivity (Wildman–Crippen MR) is 61.6 cm³/mol. The van der Waals surface area contributed by atoms with Gasteiger partial charge in [0.05, 0.1) is 0 Å². The molecule has 0 fully saturated rings. The SMILES string of the molecule is CCCCSC(=O)Nc1ccc(F)[c-]c1F.[Ti]. The van der Waals surface area contributed by atoms with Crippen molar-refractivity contribution in [2.75, 3.05) is 11.1 Å². The third kappa shape index (κ3) is 6.19. The minimum atomic E-state index is -0.885. The van der Waals surface area contributed by atoms with E-state index in [1.807, 2.05) is 13.0 Å². The van der Waals surface area contributed by atoms with Gasteiger partial charge in [0.2, 0.25) is 0 Å². The monoisotopic (exact) mass is 292 g/mol. The number of amides is 1. The molecule has 0 aliphatic carbocycles. The van der Waals surface area contributed by atoms with Crippen LogP contribution in [-0.4, -0.2) is 11.0 Å². The van der Waals surface area contributed by atoms with Crippen molar-refractivity contribution in [1.82, 2.24) is 0 Å². The van der Waals surface area contributed by atoms with Crippen molar-refractivity contribution in [2.24, 2.45) is 0 Å². The molecule has 0 aliphatic rings. The summed E-state index contributed by atoms with van der Waals surface area (Å²) in [6.45, 7) is 2.02. The van der Waals surface area contributed by atoms with Gasteiger partial charge < -0.3 is 5.32 Å². The number of hydrogen-bond acceptors (Lipinski definition) is 2. The summed E-state index contributed by atoms with van der Waals surface area (Å²) in [5, 5.41) is 2.01. The number of benzene rings is 1. The van der Waals surface area contributed by atoms with E-state index < -0.39 is 11.6 Å². The molecule has 0 aromatic heterocycles. The minimum Gasteiger partial charge on any atom is -0.368 e. The molecular weight excluding hydrogens is 280 g/mol. The van der Waals surface area contributed by atoms with Crippen molar-refractivity contribution >= 4 is 22.7 Å². The van der Waals surface area contributed by atoms with Crippen LogP contribution in [-0.2, 0) is 21.7 Å². The van der Waals surface area contributed by atoms with Crippen LogP contribution in [0.15, 0.2) is 12.1 Å². The fraction of sp³-hybridized carbons (Fsp3) is 0.364. The molecule has 17 heavy (non-hydrogen) atoms. The van der Waals surface area contributed by atoms with E-state index in [0.29, 0.717) is 5.75 Å². The van der Waals surface area contributed by atoms with Gasteiger partial charge in [0.15, 0.2) is 0 Å². The van der Waals surface area contributed by atoms with Crippen LogP contribution in [0.2, 0.25) is 0 Å². The first-order valence-corrected chi connectivity index (χ1v) is 5.93. The van der Waals surface area contributed by atoms with E-state index in [1.165, 1.54) is 6.07 Å². The van der Waals surface area contributed by atoms with Gasteiger partial charge in [0.25, 0.3) is 5.24 Å². The summed E-state index contributed by atoms with van der Waals surface area (Å²) in [6, 6.07) is 4.09. The van der Waals surface area contributed by atoms with Crippen LogP contribution < -0.4 is 5.32 Å². The number of thioether (sulfide) groups is 1. The molecule has 6 heteroatoms. The maximum atomic E-state index is 13.1. The van der Waals surface area contributed by atoms with E-state index >= 15 is 0 Å². The van der Waals surface area contributed by atoms with Crippen LogP contribution >= 0.6 is 11.8 Å². The van der Waals surface area contributed by atoms with Gasteiger partial charge in [-0.2, -0.15) is 0 Å². The molecule has 2 nitrogen and oxygen atoms in total. The van der Waals surface area contributed by atoms with Gasteiger partial charge in [-0.05, 0) is 12.1 Å². The van der Waals surface area contributed by atoms with Crippen LogP contribution in [0.25, 0.3) is 0 Å². The Morgan fingerprint density at radius 2 is 2.18 bits per heavy atom. The molecule has 0 bridgehead atoms. The van der Waals surface area contributed by atoms with Gasteiger partial charge >= 0.3 is 0 Å². The van der Waals surface area contributed by atoms with Crippen molar-refractivity contribution in [3.05, 3.63) is 29.8 Å². The van der Waals surface area contributed by atoms with E-state index in [0.717, 1.165) is 30.7 Å². The zero-order chi connectivity index (χ0) is 12.0. The molecule has 1 N–H and O–H groups in total. The molecule has 1 rings (SSSR count). The summed E-state index contributed by atoms with van der Waals surface area (Å²) in [4.78, 5) is 11.3. The van der Waals surface area contributed by atoms with E-state index in [4.69, 9.17) is 0 Å². The first kappa shape index (κ1) is 16.6. The molecule has 0 aliphatic heterocycles. The second-order valence-corrected chi connectivity index (χ2v) is 4.22. The summed E-state index contributed by atoms with van der Waals surface area (Å²) in [5.74, 6) is -0.979. The molecular formula is C11H12F2NOSTi-. The smallest absolute Gasteiger partial charge is 0.272 e. The molecule has 0 saturated heterocycles. The van der Waals surface area contributed by atoms with Crippen LogP contribution in [0, 0.1) is 17.7 Å². The van der Waals surface area contributed by atoms with Gasteiger partial charge in [-0.3, -0.25) is 4.79 Å². The van der Waals surface area contributed by atoms with E-state index in [1.54, 1.807) is 0 Å². The summed E-state index contributed by atoms with van der Waals surface area (Å²) in [7, 11) is 0. The quantitative estimate of drug-likeness (QED) is 0.519. The topological polar surface area (TPSA) is 29.1 Å². The number of carbonyl (C=O) groups excluding carboxylic acids is 1. The Morgan fingerprint density at radius 3 is 2.76 bits per heavy atom. The molecule has 92 valence electrons. The molecule has 0 heterocycles. The zero-order valence-corrected chi connectivity index (χ0v) is 11.7. The molecule has 0 saturated carbocycles. The van der Waals surface area contributed by atoms with Crippen molar-refractivity contribution in [3.63, 3.8) is 0 Å². The Balaban J connectivity index is 0.00000256. The Hall–Kier alpha value is -0.386. The fourth-order valence-corrected chi connectivity index (χ4v) is 1.80. The first-order valence-electron chi connectivity index (χ1n) is 4.94. The van der Waals surface area contributed by atoms with Crippen molar-refractivity contribution in [2.45, 2.75) is 19.8 Å². The zero-order valence-electron chi connectivity index (χ0n) is 9.35. The van der Waals surface area contributed by atoms with Crippen molar-refractivity contribution in [3.8, 4) is 0 Å². The maximum absolute atomic E-state index is 13.1. The van der Waals surface area contributed by atoms with E-state index in [9.17, 15) is 13.6 Å². The second-order valence-electron chi connectivity index (χ2n) is 3.15. The Bertz CT molecular complexity index is 376. The van der Waals surface area contributed by atoms with Gasteiger partial charge in [0.1, 0.15) is 0 Å². The molecule has 0 unspecified atom stereocenters. The molecule has 0 spiro atoms. The van der Waals surface area contributed by atoms with E-state index in [2.05, 4.69) is 5.32 Å². The number of halogens is 2. The predicted octanol–water partition coefficient (Wildman–Crippen LogP) is 3.83. The average molecular weight is 292 g/mol. The van der Waals surface area contributed by atoms with E-state index in [-0.39, 0.29) is 32.6 Å². The molecule has 1 aromatic rings. The van der Waals surface area contributed by atoms with Gasteiger partial charge in [-0.25, -0.2) is 8.78 Å². The number of carbonyl (C=O) groups is 1. The Morgan fingerprint density at radius 1 is 1.47 bits per heavy atom. The van der Waals surface area contributed by atoms with Gasteiger partial charge in [-0.15, -0.1) is 18.2 Å². The molecule has 0 radical (unpaired) electrons. The average Bonchev–Trinajstić information content (AvgIpc) is 2.23. The van der Waals surface area contributed by atoms with Gasteiger partial charge in [-0.1, -0.05) is 25.1 Å². The normalized spacial score (nSPS) is 9.59. The third-order valence-corrected chi connectivity index (χ3v) is 2.69. The summed E-state index contributed by atoms with van der Waals surface area (Å²) in [6.07, 6.45) is 1.93. The largest absolute Gasteiger partial charge is 0.368 e. The Labute approximate surface area is 118 Å². The Kier molecular flexibility index (Phi) is 8.47. The first-order chi connectivity index (χ1) is 7.63. The van der Waals surface area contributed by atoms with Crippen molar-refractivity contribution < 1.29 is 35.3 Å². The maximum Gasteiger partial charge on any atom is 0.272 e. The standard InChI is InChI=1S/C11H12F2NOS.Ti/c1-2-3-6-16-11(15)14-10-5-4-8(12)7-9(10)13;/h4-5H,2-3,6H2,1H3,(H,14,15);/q-1;. The van der Waals surface area contributed by atoms with Crippen LogP contribution in [0.3, 0.4) is 0 Å². The minimum absolute atomic E-state index is 0. The summed E-state index contributed by atoms with van der Waals surface area (Å²) >= 11 is 1.08. The molecule has 0 atom stereocenters. The van der Waals surface area contributed by atoms with Crippen molar-refractivity contribution in [1.29, 1.82) is 0 Å². The number of hydrogen-bond donors (Lipinski definition) is 1. The van der Waals surface area contributed by atoms with Crippen LogP contribution in [0.4, 0.5) is 19.3 Å². The number of rotatable bonds is 4.